The lowest BCUT2D eigenvalue weighted by Crippen LogP contribution is -2.30. The Morgan fingerprint density at radius 1 is 1.18 bits per heavy atom. The van der Waals surface area contributed by atoms with Crippen molar-refractivity contribution in [3.8, 4) is 17.3 Å². The first-order valence-corrected chi connectivity index (χ1v) is 10.8. The summed E-state index contributed by atoms with van der Waals surface area (Å²) in [5.41, 5.74) is -0.0733. The Bertz CT molecular complexity index is 1530. The van der Waals surface area contributed by atoms with E-state index < -0.39 is 17.1 Å². The van der Waals surface area contributed by atoms with Gasteiger partial charge in [0.05, 0.1) is 23.3 Å². The maximum Gasteiger partial charge on any atom is 0.335 e. The van der Waals surface area contributed by atoms with Crippen molar-refractivity contribution in [1.82, 2.24) is 14.9 Å². The molecule has 1 aliphatic heterocycles. The third-order valence-electron chi connectivity index (χ3n) is 5.34. The number of H-pyrrole nitrogens is 1. The van der Waals surface area contributed by atoms with Crippen LogP contribution < -0.4 is 31.9 Å². The summed E-state index contributed by atoms with van der Waals surface area (Å²) < 4.78 is 6.59. The van der Waals surface area contributed by atoms with Crippen LogP contribution in [0.2, 0.25) is 0 Å². The van der Waals surface area contributed by atoms with E-state index in [-0.39, 0.29) is 11.5 Å². The van der Waals surface area contributed by atoms with Crippen molar-refractivity contribution in [3.05, 3.63) is 91.2 Å². The largest absolute Gasteiger partial charge is 0.494 e. The van der Waals surface area contributed by atoms with E-state index in [0.29, 0.717) is 36.7 Å². The smallest absolute Gasteiger partial charge is 0.335 e. The molecule has 3 aromatic rings. The molecular formula is C25H24N4O5. The first-order valence-electron chi connectivity index (χ1n) is 10.8. The number of hydrogen-bond donors (Lipinski definition) is 3. The van der Waals surface area contributed by atoms with E-state index in [4.69, 9.17) is 4.74 Å². The lowest BCUT2D eigenvalue weighted by molar-refractivity contribution is -0.118. The number of aromatic hydroxyl groups is 1. The topological polar surface area (TPSA) is 126 Å². The van der Waals surface area contributed by atoms with Crippen molar-refractivity contribution in [3.63, 3.8) is 0 Å². The average molecular weight is 460 g/mol. The van der Waals surface area contributed by atoms with Gasteiger partial charge >= 0.3 is 5.69 Å². The Kier molecular flexibility index (Phi) is 6.44. The van der Waals surface area contributed by atoms with E-state index in [1.807, 2.05) is 24.3 Å². The summed E-state index contributed by atoms with van der Waals surface area (Å²) in [5.74, 6) is -0.294. The number of aromatic amines is 1. The monoisotopic (exact) mass is 460 g/mol. The highest BCUT2D eigenvalue weighted by Gasteiger charge is 2.20. The summed E-state index contributed by atoms with van der Waals surface area (Å²) in [6, 6.07) is 14.2. The predicted molar refractivity (Wildman–Crippen MR) is 127 cm³/mol. The number of amides is 1. The van der Waals surface area contributed by atoms with Crippen molar-refractivity contribution in [2.24, 2.45) is 4.99 Å². The molecule has 0 saturated heterocycles. The molecule has 0 bridgehead atoms. The number of para-hydroxylation sites is 3. The molecule has 3 N–H and O–H groups in total. The van der Waals surface area contributed by atoms with Crippen molar-refractivity contribution in [2.75, 3.05) is 13.2 Å². The average Bonchev–Trinajstić information content (AvgIpc) is 3.15. The zero-order chi connectivity index (χ0) is 24.2. The van der Waals surface area contributed by atoms with Gasteiger partial charge in [0.15, 0.2) is 0 Å². The second kappa shape index (κ2) is 9.62. The van der Waals surface area contributed by atoms with E-state index >= 15 is 0 Å². The van der Waals surface area contributed by atoms with Crippen LogP contribution in [0, 0.1) is 0 Å². The van der Waals surface area contributed by atoms with Gasteiger partial charge in [-0.15, -0.1) is 0 Å². The first kappa shape index (κ1) is 22.8. The number of hydrogen-bond acceptors (Lipinski definition) is 6. The Morgan fingerprint density at radius 2 is 1.91 bits per heavy atom. The summed E-state index contributed by atoms with van der Waals surface area (Å²) >= 11 is 0. The molecule has 0 spiro atoms. The second-order valence-electron chi connectivity index (χ2n) is 7.60. The Morgan fingerprint density at radius 3 is 2.68 bits per heavy atom. The predicted octanol–water partition coefficient (Wildman–Crippen LogP) is 0.981. The van der Waals surface area contributed by atoms with Gasteiger partial charge in [0.1, 0.15) is 11.3 Å². The molecule has 1 aliphatic rings. The van der Waals surface area contributed by atoms with Gasteiger partial charge in [-0.25, -0.2) is 14.4 Å². The van der Waals surface area contributed by atoms with Gasteiger partial charge < -0.3 is 15.2 Å². The number of carbonyl (C=O) groups excluding carboxylic acids is 1. The SMILES string of the molecule is CCOc1ccccc1-n1c(O)c(C=C2N=c3ccccc3=C2CCNC(C)=O)c(=O)[nH]c1=O. The van der Waals surface area contributed by atoms with Crippen molar-refractivity contribution >= 4 is 17.6 Å². The van der Waals surface area contributed by atoms with Gasteiger partial charge in [0.2, 0.25) is 11.8 Å². The molecule has 0 unspecified atom stereocenters. The van der Waals surface area contributed by atoms with E-state index in [1.54, 1.807) is 31.2 Å². The number of aromatic nitrogens is 2. The number of benzene rings is 2. The fourth-order valence-corrected chi connectivity index (χ4v) is 3.86. The highest BCUT2D eigenvalue weighted by atomic mass is 16.5. The molecule has 1 amide bonds. The van der Waals surface area contributed by atoms with Crippen molar-refractivity contribution < 1.29 is 14.6 Å². The summed E-state index contributed by atoms with van der Waals surface area (Å²) in [7, 11) is 0. The Balaban J connectivity index is 1.87. The quantitative estimate of drug-likeness (QED) is 0.485. The van der Waals surface area contributed by atoms with Crippen LogP contribution in [0.25, 0.3) is 17.3 Å². The molecule has 0 radical (unpaired) electrons. The molecule has 0 fully saturated rings. The van der Waals surface area contributed by atoms with E-state index in [9.17, 15) is 19.5 Å². The fraction of sp³-hybridized carbons (Fsp3) is 0.200. The van der Waals surface area contributed by atoms with Crippen LogP contribution in [0.5, 0.6) is 11.6 Å². The van der Waals surface area contributed by atoms with E-state index in [1.165, 1.54) is 13.0 Å². The van der Waals surface area contributed by atoms with Gasteiger partial charge in [-0.1, -0.05) is 30.3 Å². The summed E-state index contributed by atoms with van der Waals surface area (Å²) in [4.78, 5) is 43.6. The number of ether oxygens (including phenoxy) is 1. The van der Waals surface area contributed by atoms with Crippen LogP contribution in [-0.4, -0.2) is 33.7 Å². The lowest BCUT2D eigenvalue weighted by Gasteiger charge is -2.14. The number of carbonyl (C=O) groups is 1. The minimum atomic E-state index is -0.793. The number of nitrogens with zero attached hydrogens (tertiary/aromatic N) is 2. The third-order valence-corrected chi connectivity index (χ3v) is 5.34. The molecule has 2 heterocycles. The van der Waals surface area contributed by atoms with Crippen LogP contribution in [0.15, 0.2) is 68.8 Å². The fourth-order valence-electron chi connectivity index (χ4n) is 3.86. The maximum atomic E-state index is 12.7. The normalized spacial score (nSPS) is 13.5. The highest BCUT2D eigenvalue weighted by molar-refractivity contribution is 5.77. The van der Waals surface area contributed by atoms with Gasteiger partial charge in [-0.05, 0) is 43.2 Å². The molecule has 0 aliphatic carbocycles. The highest BCUT2D eigenvalue weighted by Crippen LogP contribution is 2.28. The van der Waals surface area contributed by atoms with E-state index in [0.717, 1.165) is 20.7 Å². The van der Waals surface area contributed by atoms with Crippen molar-refractivity contribution in [1.29, 1.82) is 0 Å². The Labute approximate surface area is 194 Å². The van der Waals surface area contributed by atoms with Crippen molar-refractivity contribution in [2.45, 2.75) is 20.3 Å². The third kappa shape index (κ3) is 4.40. The molecule has 34 heavy (non-hydrogen) atoms. The summed E-state index contributed by atoms with van der Waals surface area (Å²) in [6.07, 6.45) is 1.92. The lowest BCUT2D eigenvalue weighted by atomic mass is 10.1. The molecule has 9 heteroatoms. The molecular weight excluding hydrogens is 436 g/mol. The first-order chi connectivity index (χ1) is 16.4. The van der Waals surface area contributed by atoms with Crippen LogP contribution in [0.1, 0.15) is 25.8 Å². The molecule has 0 saturated carbocycles. The van der Waals surface area contributed by atoms with Crippen LogP contribution in [0.3, 0.4) is 0 Å². The molecule has 1 aromatic heterocycles. The number of allylic oxidation sites excluding steroid dienone is 1. The van der Waals surface area contributed by atoms with Crippen LogP contribution in [0.4, 0.5) is 0 Å². The van der Waals surface area contributed by atoms with Gasteiger partial charge in [-0.3, -0.25) is 14.6 Å². The molecule has 4 rings (SSSR count). The van der Waals surface area contributed by atoms with Gasteiger partial charge in [-0.2, -0.15) is 0 Å². The number of fused-ring (bicyclic) bond motifs is 1. The van der Waals surface area contributed by atoms with Gasteiger partial charge in [0, 0.05) is 18.7 Å². The minimum Gasteiger partial charge on any atom is -0.494 e. The molecule has 174 valence electrons. The van der Waals surface area contributed by atoms with Crippen LogP contribution in [-0.2, 0) is 4.79 Å². The minimum absolute atomic E-state index is 0.116. The molecule has 9 nitrogen and oxygen atoms in total. The number of rotatable bonds is 7. The standard InChI is InChI=1S/C25H24N4O5/c1-3-34-22-11-7-6-10-21(22)29-24(32)18(23(31)28-25(29)33)14-20-17(12-13-26-15(2)30)16-8-4-5-9-19(16)27-20/h4-11,14,32H,3,12-13H2,1-2H3,(H,26,30)(H,28,31,33). The van der Waals surface area contributed by atoms with E-state index in [2.05, 4.69) is 15.3 Å². The molecule has 0 atom stereocenters. The summed E-state index contributed by atoms with van der Waals surface area (Å²) in [5, 5.41) is 15.4. The second-order valence-corrected chi connectivity index (χ2v) is 7.60. The molecule has 2 aromatic carbocycles. The zero-order valence-electron chi connectivity index (χ0n) is 18.8. The summed E-state index contributed by atoms with van der Waals surface area (Å²) in [6.45, 7) is 3.99. The van der Waals surface area contributed by atoms with Gasteiger partial charge in [0.25, 0.3) is 5.56 Å². The zero-order valence-corrected chi connectivity index (χ0v) is 18.8. The number of nitrogens with one attached hydrogen (secondary N) is 2. The van der Waals surface area contributed by atoms with Crippen LogP contribution >= 0.6 is 0 Å². The Hall–Kier alpha value is -4.40. The maximum absolute atomic E-state index is 12.7.